The predicted molar refractivity (Wildman–Crippen MR) is 248 cm³/mol. The highest BCUT2D eigenvalue weighted by Crippen LogP contribution is 2.14. The molecule has 0 aliphatic rings. The van der Waals surface area contributed by atoms with Crippen molar-refractivity contribution in [2.45, 2.75) is 244 Å². The van der Waals surface area contributed by atoms with E-state index in [9.17, 15) is 15.0 Å². The number of carbonyl (C=O) groups is 1. The molecule has 0 saturated heterocycles. The van der Waals surface area contributed by atoms with Gasteiger partial charge in [-0.1, -0.05) is 215 Å². The number of aliphatic hydroxyl groups excluding tert-OH is 2. The maximum atomic E-state index is 12.4. The maximum absolute atomic E-state index is 12.4. The number of unbranched alkanes of at least 4 members (excludes halogenated alkanes) is 26. The van der Waals surface area contributed by atoms with Gasteiger partial charge in [0.1, 0.15) is 0 Å². The molecule has 3 N–H and O–H groups in total. The number of allylic oxidation sites excluding steroid dienone is 11. The molecule has 0 heterocycles. The monoisotopic (exact) mass is 780 g/mol. The molecule has 0 aliphatic carbocycles. The van der Waals surface area contributed by atoms with Gasteiger partial charge in [-0.3, -0.25) is 4.79 Å². The second-order valence-corrected chi connectivity index (χ2v) is 16.2. The fourth-order valence-electron chi connectivity index (χ4n) is 6.92. The maximum Gasteiger partial charge on any atom is 0.220 e. The third kappa shape index (κ3) is 43.0. The van der Waals surface area contributed by atoms with Crippen molar-refractivity contribution in [3.63, 3.8) is 0 Å². The van der Waals surface area contributed by atoms with Crippen LogP contribution in [0.15, 0.2) is 72.9 Å². The molecule has 2 atom stereocenters. The molecule has 0 bridgehead atoms. The van der Waals surface area contributed by atoms with Gasteiger partial charge in [0.05, 0.1) is 18.8 Å². The Morgan fingerprint density at radius 2 is 0.750 bits per heavy atom. The van der Waals surface area contributed by atoms with Gasteiger partial charge in [0, 0.05) is 6.42 Å². The van der Waals surface area contributed by atoms with Crippen LogP contribution in [0.1, 0.15) is 232 Å². The molecular formula is C52H93NO3. The van der Waals surface area contributed by atoms with Gasteiger partial charge in [0.15, 0.2) is 0 Å². The number of nitrogens with one attached hydrogen (secondary N) is 1. The third-order valence-electron chi connectivity index (χ3n) is 10.6. The van der Waals surface area contributed by atoms with Gasteiger partial charge in [-0.15, -0.1) is 0 Å². The van der Waals surface area contributed by atoms with Crippen molar-refractivity contribution >= 4 is 5.91 Å². The smallest absolute Gasteiger partial charge is 0.220 e. The summed E-state index contributed by atoms with van der Waals surface area (Å²) in [5, 5.41) is 23.0. The molecule has 4 nitrogen and oxygen atoms in total. The molecule has 0 aromatic rings. The minimum absolute atomic E-state index is 0.0869. The number of hydrogen-bond donors (Lipinski definition) is 3. The summed E-state index contributed by atoms with van der Waals surface area (Å²) in [6, 6.07) is -0.653. The average Bonchev–Trinajstić information content (AvgIpc) is 3.20. The normalized spacial score (nSPS) is 13.6. The van der Waals surface area contributed by atoms with Crippen LogP contribution in [0.3, 0.4) is 0 Å². The van der Waals surface area contributed by atoms with Crippen molar-refractivity contribution in [3.8, 4) is 0 Å². The van der Waals surface area contributed by atoms with Crippen molar-refractivity contribution in [3.05, 3.63) is 72.9 Å². The second kappa shape index (κ2) is 47.2. The Hall–Kier alpha value is -2.17. The highest BCUT2D eigenvalue weighted by molar-refractivity contribution is 5.76. The molecule has 4 heteroatoms. The predicted octanol–water partition coefficient (Wildman–Crippen LogP) is 15.5. The lowest BCUT2D eigenvalue weighted by Gasteiger charge is -2.19. The Balaban J connectivity index is 3.66. The summed E-state index contributed by atoms with van der Waals surface area (Å²) < 4.78 is 0. The first-order valence-electron chi connectivity index (χ1n) is 24.2. The zero-order valence-corrected chi connectivity index (χ0v) is 37.1. The van der Waals surface area contributed by atoms with Gasteiger partial charge in [-0.25, -0.2) is 0 Å². The van der Waals surface area contributed by atoms with Crippen molar-refractivity contribution in [2.24, 2.45) is 0 Å². The van der Waals surface area contributed by atoms with E-state index < -0.39 is 12.1 Å². The molecule has 1 amide bonds. The van der Waals surface area contributed by atoms with E-state index in [-0.39, 0.29) is 12.5 Å². The summed E-state index contributed by atoms with van der Waals surface area (Å²) in [5.41, 5.74) is 0. The zero-order valence-electron chi connectivity index (χ0n) is 37.1. The largest absolute Gasteiger partial charge is 0.394 e. The minimum Gasteiger partial charge on any atom is -0.394 e. The highest BCUT2D eigenvalue weighted by Gasteiger charge is 2.17. The third-order valence-corrected chi connectivity index (χ3v) is 10.6. The topological polar surface area (TPSA) is 69.6 Å². The molecule has 56 heavy (non-hydrogen) atoms. The second-order valence-electron chi connectivity index (χ2n) is 16.2. The number of aliphatic hydroxyl groups is 2. The summed E-state index contributed by atoms with van der Waals surface area (Å²) in [5.74, 6) is -0.0869. The van der Waals surface area contributed by atoms with Crippen molar-refractivity contribution in [1.82, 2.24) is 5.32 Å². The van der Waals surface area contributed by atoms with E-state index in [0.29, 0.717) is 6.42 Å². The summed E-state index contributed by atoms with van der Waals surface area (Å²) >= 11 is 0. The Morgan fingerprint density at radius 3 is 1.16 bits per heavy atom. The summed E-state index contributed by atoms with van der Waals surface area (Å²) in [4.78, 5) is 12.4. The average molecular weight is 780 g/mol. The van der Waals surface area contributed by atoms with Crippen LogP contribution in [0, 0.1) is 0 Å². The Bertz CT molecular complexity index is 977. The minimum atomic E-state index is -0.877. The first-order chi connectivity index (χ1) is 27.7. The van der Waals surface area contributed by atoms with Crippen LogP contribution < -0.4 is 5.32 Å². The van der Waals surface area contributed by atoms with Gasteiger partial charge < -0.3 is 15.5 Å². The molecule has 0 spiro atoms. The SMILES string of the molecule is CCCCCCC/C=C\C/C=C\C/C=C\CCCCCCCCCCC(=O)NC(CO)C(O)/C=C/CC/C=C/CC/C=C/CCCCCCCCCCCCC. The van der Waals surface area contributed by atoms with Gasteiger partial charge in [0.25, 0.3) is 0 Å². The molecule has 324 valence electrons. The zero-order chi connectivity index (χ0) is 40.7. The van der Waals surface area contributed by atoms with E-state index in [4.69, 9.17) is 0 Å². The number of amides is 1. The van der Waals surface area contributed by atoms with E-state index in [2.05, 4.69) is 79.9 Å². The number of carbonyl (C=O) groups excluding carboxylic acids is 1. The molecule has 0 saturated carbocycles. The Morgan fingerprint density at radius 1 is 0.429 bits per heavy atom. The first kappa shape index (κ1) is 53.8. The quantitative estimate of drug-likeness (QED) is 0.0426. The Kier molecular flexibility index (Phi) is 45.4. The molecule has 0 rings (SSSR count). The lowest BCUT2D eigenvalue weighted by Crippen LogP contribution is -2.45. The van der Waals surface area contributed by atoms with Crippen LogP contribution in [-0.2, 0) is 4.79 Å². The van der Waals surface area contributed by atoms with Crippen LogP contribution in [0.25, 0.3) is 0 Å². The van der Waals surface area contributed by atoms with E-state index in [1.165, 1.54) is 154 Å². The van der Waals surface area contributed by atoms with Crippen LogP contribution in [-0.4, -0.2) is 34.9 Å². The molecule has 0 fully saturated rings. The van der Waals surface area contributed by atoms with E-state index in [1.54, 1.807) is 6.08 Å². The fourth-order valence-corrected chi connectivity index (χ4v) is 6.92. The van der Waals surface area contributed by atoms with E-state index in [1.807, 2.05) is 6.08 Å². The highest BCUT2D eigenvalue weighted by atomic mass is 16.3. The number of hydrogen-bond acceptors (Lipinski definition) is 3. The van der Waals surface area contributed by atoms with Crippen LogP contribution in [0.5, 0.6) is 0 Å². The van der Waals surface area contributed by atoms with Crippen molar-refractivity contribution < 1.29 is 15.0 Å². The van der Waals surface area contributed by atoms with E-state index in [0.717, 1.165) is 57.8 Å². The summed E-state index contributed by atoms with van der Waals surface area (Å²) in [7, 11) is 0. The standard InChI is InChI=1S/C52H93NO3/c1-3-5-7-9-11-13-15-17-19-21-23-25-26-28-30-32-34-36-38-40-42-44-46-48-52(56)53-50(49-54)51(55)47-45-43-41-39-37-35-33-31-29-27-24-22-20-18-16-14-12-10-8-6-4-2/h15,17,21,23,26,28-29,31,37,39,45,47,50-51,54-55H,3-14,16,18-20,22,24-25,27,30,32-36,38,40-44,46,48-49H2,1-2H3,(H,53,56)/b17-15-,23-21-,28-26-,31-29+,39-37+,47-45+. The van der Waals surface area contributed by atoms with E-state index >= 15 is 0 Å². The van der Waals surface area contributed by atoms with Crippen molar-refractivity contribution in [2.75, 3.05) is 6.61 Å². The summed E-state index contributed by atoms with van der Waals surface area (Å²) in [6.45, 7) is 4.28. The summed E-state index contributed by atoms with van der Waals surface area (Å²) in [6.07, 6.45) is 67.3. The van der Waals surface area contributed by atoms with Crippen LogP contribution in [0.2, 0.25) is 0 Å². The lowest BCUT2D eigenvalue weighted by molar-refractivity contribution is -0.123. The fraction of sp³-hybridized carbons (Fsp3) is 0.750. The molecular weight excluding hydrogens is 687 g/mol. The molecule has 2 unspecified atom stereocenters. The Labute approximate surface area is 349 Å². The molecule has 0 aromatic carbocycles. The lowest BCUT2D eigenvalue weighted by atomic mass is 10.1. The van der Waals surface area contributed by atoms with Gasteiger partial charge >= 0.3 is 0 Å². The number of rotatable bonds is 43. The van der Waals surface area contributed by atoms with Gasteiger partial charge in [-0.05, 0) is 83.5 Å². The van der Waals surface area contributed by atoms with Crippen LogP contribution >= 0.6 is 0 Å². The molecule has 0 aliphatic heterocycles. The van der Waals surface area contributed by atoms with Gasteiger partial charge in [0.2, 0.25) is 5.91 Å². The first-order valence-corrected chi connectivity index (χ1v) is 24.2. The van der Waals surface area contributed by atoms with Crippen LogP contribution in [0.4, 0.5) is 0 Å². The molecule has 0 radical (unpaired) electrons. The van der Waals surface area contributed by atoms with Crippen molar-refractivity contribution in [1.29, 1.82) is 0 Å². The molecule has 0 aromatic heterocycles. The van der Waals surface area contributed by atoms with Gasteiger partial charge in [-0.2, -0.15) is 0 Å².